The zero-order chi connectivity index (χ0) is 22.7. The molecule has 1 amide bonds. The van der Waals surface area contributed by atoms with Gasteiger partial charge < -0.3 is 10.1 Å². The smallest absolute Gasteiger partial charge is 0.381 e. The first-order chi connectivity index (χ1) is 15.3. The van der Waals surface area contributed by atoms with E-state index in [1.54, 1.807) is 0 Å². The fourth-order valence-corrected chi connectivity index (χ4v) is 5.06. The van der Waals surface area contributed by atoms with Crippen LogP contribution in [0.5, 0.6) is 0 Å². The maximum Gasteiger partial charge on any atom is 0.433 e. The SMILES string of the molecule is Cc1nc(C(F)(F)F)ccc1C(=O)NC(c1ccc(SCC2CC2)cc1)C1CCOCC1. The number of carbonyl (C=O) groups excluding carboxylic acids is 1. The van der Waals surface area contributed by atoms with Gasteiger partial charge in [-0.15, -0.1) is 11.8 Å². The maximum atomic E-state index is 13.0. The van der Waals surface area contributed by atoms with Gasteiger partial charge in [0.05, 0.1) is 17.3 Å². The lowest BCUT2D eigenvalue weighted by atomic mass is 9.87. The van der Waals surface area contributed by atoms with Gasteiger partial charge in [0.25, 0.3) is 5.91 Å². The van der Waals surface area contributed by atoms with Crippen molar-refractivity contribution in [1.82, 2.24) is 10.3 Å². The predicted molar refractivity (Wildman–Crippen MR) is 118 cm³/mol. The molecular weight excluding hydrogens is 437 g/mol. The lowest BCUT2D eigenvalue weighted by Crippen LogP contribution is -2.36. The van der Waals surface area contributed by atoms with Gasteiger partial charge in [0.15, 0.2) is 0 Å². The Bertz CT molecular complexity index is 939. The molecule has 172 valence electrons. The molecule has 1 saturated carbocycles. The summed E-state index contributed by atoms with van der Waals surface area (Å²) in [5.41, 5.74) is 0.229. The number of hydrogen-bond donors (Lipinski definition) is 1. The fraction of sp³-hybridized carbons (Fsp3) is 0.500. The number of rotatable bonds is 7. The average Bonchev–Trinajstić information content (AvgIpc) is 3.61. The summed E-state index contributed by atoms with van der Waals surface area (Å²) in [6, 6.07) is 10.1. The van der Waals surface area contributed by atoms with Crippen LogP contribution in [0.25, 0.3) is 0 Å². The number of nitrogens with zero attached hydrogens (tertiary/aromatic N) is 1. The molecule has 1 atom stereocenters. The molecule has 1 aliphatic carbocycles. The summed E-state index contributed by atoms with van der Waals surface area (Å²) in [5, 5.41) is 3.08. The Balaban J connectivity index is 1.52. The third-order valence-electron chi connectivity index (χ3n) is 6.07. The molecular formula is C24H27F3N2O2S. The Morgan fingerprint density at radius 3 is 2.41 bits per heavy atom. The van der Waals surface area contributed by atoms with Gasteiger partial charge in [0.1, 0.15) is 5.69 Å². The van der Waals surface area contributed by atoms with Crippen molar-refractivity contribution in [2.24, 2.45) is 11.8 Å². The van der Waals surface area contributed by atoms with Gasteiger partial charge in [0.2, 0.25) is 0 Å². The molecule has 1 aromatic heterocycles. The Morgan fingerprint density at radius 2 is 1.81 bits per heavy atom. The van der Waals surface area contributed by atoms with Crippen LogP contribution in [0, 0.1) is 18.8 Å². The normalized spacial score (nSPS) is 18.4. The van der Waals surface area contributed by atoms with Crippen molar-refractivity contribution >= 4 is 17.7 Å². The van der Waals surface area contributed by atoms with Gasteiger partial charge in [-0.3, -0.25) is 4.79 Å². The first-order valence-corrected chi connectivity index (χ1v) is 12.0. The summed E-state index contributed by atoms with van der Waals surface area (Å²) in [6.07, 6.45) is -0.271. The number of thioether (sulfide) groups is 1. The molecule has 0 radical (unpaired) electrons. The fourth-order valence-electron chi connectivity index (χ4n) is 3.97. The third-order valence-corrected chi connectivity index (χ3v) is 7.31. The van der Waals surface area contributed by atoms with Gasteiger partial charge in [-0.2, -0.15) is 13.2 Å². The van der Waals surface area contributed by atoms with Crippen LogP contribution >= 0.6 is 11.8 Å². The zero-order valence-electron chi connectivity index (χ0n) is 18.0. The molecule has 4 rings (SSSR count). The number of nitrogens with one attached hydrogen (secondary N) is 1. The maximum absolute atomic E-state index is 13.0. The quantitative estimate of drug-likeness (QED) is 0.526. The van der Waals surface area contributed by atoms with E-state index < -0.39 is 17.8 Å². The van der Waals surface area contributed by atoms with Crippen LogP contribution in [0.4, 0.5) is 13.2 Å². The summed E-state index contributed by atoms with van der Waals surface area (Å²) < 4.78 is 44.3. The summed E-state index contributed by atoms with van der Waals surface area (Å²) in [5.74, 6) is 1.77. The summed E-state index contributed by atoms with van der Waals surface area (Å²) in [6.45, 7) is 2.69. The van der Waals surface area contributed by atoms with Crippen LogP contribution in [0.2, 0.25) is 0 Å². The van der Waals surface area contributed by atoms with Crippen molar-refractivity contribution < 1.29 is 22.7 Å². The largest absolute Gasteiger partial charge is 0.433 e. The molecule has 1 N–H and O–H groups in total. The number of hydrogen-bond acceptors (Lipinski definition) is 4. The summed E-state index contributed by atoms with van der Waals surface area (Å²) >= 11 is 1.86. The zero-order valence-corrected chi connectivity index (χ0v) is 18.8. The van der Waals surface area contributed by atoms with Gasteiger partial charge >= 0.3 is 6.18 Å². The summed E-state index contributed by atoms with van der Waals surface area (Å²) in [7, 11) is 0. The van der Waals surface area contributed by atoms with Crippen LogP contribution in [0.15, 0.2) is 41.3 Å². The monoisotopic (exact) mass is 464 g/mol. The standard InChI is InChI=1S/C24H27F3N2O2S/c1-15-20(8-9-21(28-15)24(25,26)27)23(30)29-22(18-10-12-31-13-11-18)17-4-6-19(7-5-17)32-14-16-2-3-16/h4-9,16,18,22H,2-3,10-14H2,1H3,(H,29,30). The van der Waals surface area contributed by atoms with Gasteiger partial charge in [-0.05, 0) is 74.3 Å². The topological polar surface area (TPSA) is 51.2 Å². The van der Waals surface area contributed by atoms with Gasteiger partial charge in [-0.1, -0.05) is 12.1 Å². The minimum absolute atomic E-state index is 0.0647. The number of benzene rings is 1. The van der Waals surface area contributed by atoms with E-state index in [1.165, 1.54) is 30.7 Å². The first-order valence-electron chi connectivity index (χ1n) is 11.0. The number of ether oxygens (including phenoxy) is 1. The molecule has 1 aromatic carbocycles. The van der Waals surface area contributed by atoms with E-state index >= 15 is 0 Å². The van der Waals surface area contributed by atoms with Crippen molar-refractivity contribution in [3.63, 3.8) is 0 Å². The minimum Gasteiger partial charge on any atom is -0.381 e. The van der Waals surface area contributed by atoms with Crippen molar-refractivity contribution in [2.75, 3.05) is 19.0 Å². The molecule has 0 spiro atoms. The van der Waals surface area contributed by atoms with Crippen LogP contribution in [-0.2, 0) is 10.9 Å². The van der Waals surface area contributed by atoms with E-state index in [2.05, 4.69) is 22.4 Å². The average molecular weight is 465 g/mol. The highest BCUT2D eigenvalue weighted by atomic mass is 32.2. The third kappa shape index (κ3) is 5.84. The highest BCUT2D eigenvalue weighted by molar-refractivity contribution is 7.99. The number of pyridine rings is 1. The second-order valence-electron chi connectivity index (χ2n) is 8.55. The van der Waals surface area contributed by atoms with E-state index in [9.17, 15) is 18.0 Å². The number of alkyl halides is 3. The van der Waals surface area contributed by atoms with Crippen LogP contribution in [-0.4, -0.2) is 29.9 Å². The molecule has 2 aromatic rings. The number of amides is 1. The highest BCUT2D eigenvalue weighted by Crippen LogP contribution is 2.36. The van der Waals surface area contributed by atoms with Crippen molar-refractivity contribution in [3.05, 3.63) is 58.9 Å². The van der Waals surface area contributed by atoms with Gasteiger partial charge in [0, 0.05) is 23.9 Å². The van der Waals surface area contributed by atoms with E-state index in [1.807, 2.05) is 23.9 Å². The van der Waals surface area contributed by atoms with E-state index in [0.717, 1.165) is 36.1 Å². The number of halogens is 3. The second kappa shape index (κ2) is 9.83. The molecule has 1 saturated heterocycles. The van der Waals surface area contributed by atoms with Crippen LogP contribution in [0.3, 0.4) is 0 Å². The molecule has 0 bridgehead atoms. The van der Waals surface area contributed by atoms with E-state index in [4.69, 9.17) is 4.74 Å². The lowest BCUT2D eigenvalue weighted by molar-refractivity contribution is -0.141. The van der Waals surface area contributed by atoms with Crippen LogP contribution in [0.1, 0.15) is 59.0 Å². The Labute approximate surface area is 190 Å². The molecule has 2 aliphatic rings. The minimum atomic E-state index is -4.54. The summed E-state index contributed by atoms with van der Waals surface area (Å²) in [4.78, 5) is 17.8. The Morgan fingerprint density at radius 1 is 1.12 bits per heavy atom. The molecule has 8 heteroatoms. The highest BCUT2D eigenvalue weighted by Gasteiger charge is 2.33. The molecule has 1 aliphatic heterocycles. The van der Waals surface area contributed by atoms with Crippen LogP contribution < -0.4 is 5.32 Å². The predicted octanol–water partition coefficient (Wildman–Crippen LogP) is 5.81. The van der Waals surface area contributed by atoms with E-state index in [-0.39, 0.29) is 23.2 Å². The van der Waals surface area contributed by atoms with Crippen molar-refractivity contribution in [1.29, 1.82) is 0 Å². The number of aromatic nitrogens is 1. The van der Waals surface area contributed by atoms with Gasteiger partial charge in [-0.25, -0.2) is 4.98 Å². The van der Waals surface area contributed by atoms with Crippen molar-refractivity contribution in [3.8, 4) is 0 Å². The van der Waals surface area contributed by atoms with E-state index in [0.29, 0.717) is 13.2 Å². The molecule has 1 unspecified atom stereocenters. The molecule has 4 nitrogen and oxygen atoms in total. The Hall–Kier alpha value is -2.06. The molecule has 2 heterocycles. The number of carbonyl (C=O) groups is 1. The molecule has 32 heavy (non-hydrogen) atoms. The second-order valence-corrected chi connectivity index (χ2v) is 9.64. The van der Waals surface area contributed by atoms with Crippen molar-refractivity contribution in [2.45, 2.75) is 49.7 Å². The number of aryl methyl sites for hydroxylation is 1. The lowest BCUT2D eigenvalue weighted by Gasteiger charge is -2.31. The Kier molecular flexibility index (Phi) is 7.10. The first kappa shape index (κ1) is 23.1. The molecule has 2 fully saturated rings.